The molecule has 0 spiro atoms. The van der Waals surface area contributed by atoms with E-state index in [2.05, 4.69) is 15.3 Å². The smallest absolute Gasteiger partial charge is 0.255 e. The van der Waals surface area contributed by atoms with Crippen LogP contribution in [-0.4, -0.2) is 42.9 Å². The maximum Gasteiger partial charge on any atom is 0.255 e. The Labute approximate surface area is 127 Å². The maximum atomic E-state index is 12.1. The first-order valence-electron chi connectivity index (χ1n) is 5.14. The number of thiazole rings is 1. The molecular formula is C10H17F2IN4S. The predicted molar refractivity (Wildman–Crippen MR) is 81.1 cm³/mol. The summed E-state index contributed by atoms with van der Waals surface area (Å²) in [7, 11) is 3.35. The highest BCUT2D eigenvalue weighted by Gasteiger charge is 2.10. The first kappa shape index (κ1) is 17.5. The molecule has 0 saturated carbocycles. The van der Waals surface area contributed by atoms with Gasteiger partial charge < -0.3 is 10.2 Å². The molecule has 8 heteroatoms. The molecular weight excluding hydrogens is 373 g/mol. The fourth-order valence-corrected chi connectivity index (χ4v) is 1.96. The molecule has 0 aliphatic carbocycles. The molecule has 0 atom stereocenters. The zero-order valence-electron chi connectivity index (χ0n) is 10.5. The third-order valence-electron chi connectivity index (χ3n) is 2.05. The minimum atomic E-state index is -2.39. The van der Waals surface area contributed by atoms with Gasteiger partial charge in [-0.25, -0.2) is 13.8 Å². The van der Waals surface area contributed by atoms with Crippen LogP contribution in [0.15, 0.2) is 10.4 Å². The van der Waals surface area contributed by atoms with Gasteiger partial charge in [-0.3, -0.25) is 4.99 Å². The van der Waals surface area contributed by atoms with Crippen LogP contribution in [0.5, 0.6) is 0 Å². The Hall–Kier alpha value is -0.510. The van der Waals surface area contributed by atoms with E-state index in [-0.39, 0.29) is 24.0 Å². The van der Waals surface area contributed by atoms with Gasteiger partial charge in [0.2, 0.25) is 0 Å². The number of aliphatic imine (C=N–C) groups is 1. The number of nitrogens with zero attached hydrogens (tertiary/aromatic N) is 3. The number of rotatable bonds is 4. The molecule has 1 rings (SSSR count). The number of guanidine groups is 1. The lowest BCUT2D eigenvalue weighted by atomic mass is 10.4. The molecule has 0 radical (unpaired) electrons. The van der Waals surface area contributed by atoms with Crippen LogP contribution in [0.25, 0.3) is 0 Å². The first-order valence-corrected chi connectivity index (χ1v) is 6.02. The predicted octanol–water partition coefficient (Wildman–Crippen LogP) is 2.34. The quantitative estimate of drug-likeness (QED) is 0.488. The number of halogens is 3. The summed E-state index contributed by atoms with van der Waals surface area (Å²) >= 11 is 1.57. The SMILES string of the molecule is CN=C(NCC(F)F)N(C)Cc1csc(C)n1.I. The van der Waals surface area contributed by atoms with Crippen LogP contribution in [0, 0.1) is 6.92 Å². The maximum absolute atomic E-state index is 12.1. The van der Waals surface area contributed by atoms with Crippen molar-refractivity contribution in [3.05, 3.63) is 16.1 Å². The van der Waals surface area contributed by atoms with Crippen molar-refractivity contribution in [1.82, 2.24) is 15.2 Å². The zero-order valence-corrected chi connectivity index (χ0v) is 13.6. The summed E-state index contributed by atoms with van der Waals surface area (Å²) in [6.07, 6.45) is -2.39. The highest BCUT2D eigenvalue weighted by Crippen LogP contribution is 2.09. The molecule has 18 heavy (non-hydrogen) atoms. The van der Waals surface area contributed by atoms with Crippen molar-refractivity contribution in [1.29, 1.82) is 0 Å². The number of aryl methyl sites for hydroxylation is 1. The molecule has 1 aromatic heterocycles. The summed E-state index contributed by atoms with van der Waals surface area (Å²) < 4.78 is 24.2. The zero-order chi connectivity index (χ0) is 12.8. The number of nitrogens with one attached hydrogen (secondary N) is 1. The molecule has 0 amide bonds. The number of hydrogen-bond acceptors (Lipinski definition) is 3. The fourth-order valence-electron chi connectivity index (χ4n) is 1.35. The third-order valence-corrected chi connectivity index (χ3v) is 2.88. The summed E-state index contributed by atoms with van der Waals surface area (Å²) in [6, 6.07) is 0. The molecule has 0 unspecified atom stereocenters. The Morgan fingerprint density at radius 1 is 1.61 bits per heavy atom. The van der Waals surface area contributed by atoms with Crippen molar-refractivity contribution >= 4 is 41.3 Å². The van der Waals surface area contributed by atoms with Crippen LogP contribution < -0.4 is 5.32 Å². The van der Waals surface area contributed by atoms with Gasteiger partial charge in [-0.2, -0.15) is 0 Å². The van der Waals surface area contributed by atoms with Crippen LogP contribution in [0.3, 0.4) is 0 Å². The van der Waals surface area contributed by atoms with Gasteiger partial charge in [-0.05, 0) is 6.92 Å². The van der Waals surface area contributed by atoms with Crippen LogP contribution in [0.1, 0.15) is 10.7 Å². The Bertz CT molecular complexity index is 384. The summed E-state index contributed by atoms with van der Waals surface area (Å²) in [5, 5.41) is 5.54. The van der Waals surface area contributed by atoms with Crippen LogP contribution in [-0.2, 0) is 6.54 Å². The minimum absolute atomic E-state index is 0. The van der Waals surface area contributed by atoms with E-state index in [1.54, 1.807) is 30.3 Å². The molecule has 1 aromatic rings. The molecule has 0 saturated heterocycles. The highest BCUT2D eigenvalue weighted by molar-refractivity contribution is 14.0. The molecule has 0 aliphatic heterocycles. The Morgan fingerprint density at radius 3 is 2.72 bits per heavy atom. The summed E-state index contributed by atoms with van der Waals surface area (Å²) in [6.45, 7) is 2.08. The van der Waals surface area contributed by atoms with Gasteiger partial charge in [0.15, 0.2) is 5.96 Å². The topological polar surface area (TPSA) is 40.5 Å². The van der Waals surface area contributed by atoms with Crippen molar-refractivity contribution in [2.45, 2.75) is 19.9 Å². The summed E-state index contributed by atoms with van der Waals surface area (Å²) in [5.41, 5.74) is 0.912. The van der Waals surface area contributed by atoms with Crippen molar-refractivity contribution in [3.8, 4) is 0 Å². The van der Waals surface area contributed by atoms with Crippen molar-refractivity contribution in [2.24, 2.45) is 4.99 Å². The normalized spacial score (nSPS) is 11.3. The largest absolute Gasteiger partial charge is 0.351 e. The molecule has 0 bridgehead atoms. The average Bonchev–Trinajstić information content (AvgIpc) is 2.64. The third kappa shape index (κ3) is 5.89. The molecule has 0 aromatic carbocycles. The minimum Gasteiger partial charge on any atom is -0.351 e. The summed E-state index contributed by atoms with van der Waals surface area (Å²) in [5.74, 6) is 0.441. The molecule has 4 nitrogen and oxygen atoms in total. The van der Waals surface area contributed by atoms with Gasteiger partial charge in [0.05, 0.1) is 23.8 Å². The standard InChI is InChI=1S/C10H16F2N4S.HI/c1-7-15-8(6-17-7)5-16(3)10(13-2)14-4-9(11)12;/h6,9H,4-5H2,1-3H3,(H,13,14);1H. The van der Waals surface area contributed by atoms with E-state index in [1.807, 2.05) is 12.3 Å². The lowest BCUT2D eigenvalue weighted by molar-refractivity contribution is 0.151. The van der Waals surface area contributed by atoms with Crippen LogP contribution in [0.4, 0.5) is 8.78 Å². The number of aromatic nitrogens is 1. The fraction of sp³-hybridized carbons (Fsp3) is 0.600. The average molecular weight is 390 g/mol. The van der Waals surface area contributed by atoms with Crippen LogP contribution >= 0.6 is 35.3 Å². The molecule has 0 aliphatic rings. The number of hydrogen-bond donors (Lipinski definition) is 1. The summed E-state index contributed by atoms with van der Waals surface area (Å²) in [4.78, 5) is 10.0. The molecule has 1 N–H and O–H groups in total. The van der Waals surface area contributed by atoms with Crippen molar-refractivity contribution < 1.29 is 8.78 Å². The first-order chi connectivity index (χ1) is 8.02. The lowest BCUT2D eigenvalue weighted by Crippen LogP contribution is -2.40. The van der Waals surface area contributed by atoms with Gasteiger partial charge in [0.1, 0.15) is 0 Å². The monoisotopic (exact) mass is 390 g/mol. The van der Waals surface area contributed by atoms with E-state index >= 15 is 0 Å². The van der Waals surface area contributed by atoms with Gasteiger partial charge in [-0.15, -0.1) is 35.3 Å². The molecule has 104 valence electrons. The lowest BCUT2D eigenvalue weighted by Gasteiger charge is -2.20. The van der Waals surface area contributed by atoms with Gasteiger partial charge in [0, 0.05) is 19.5 Å². The Morgan fingerprint density at radius 2 is 2.28 bits per heavy atom. The van der Waals surface area contributed by atoms with E-state index in [9.17, 15) is 8.78 Å². The Balaban J connectivity index is 0.00000289. The van der Waals surface area contributed by atoms with Gasteiger partial charge >= 0.3 is 0 Å². The van der Waals surface area contributed by atoms with E-state index < -0.39 is 13.0 Å². The number of alkyl halides is 2. The van der Waals surface area contributed by atoms with E-state index in [1.165, 1.54) is 0 Å². The second-order valence-electron chi connectivity index (χ2n) is 3.53. The highest BCUT2D eigenvalue weighted by atomic mass is 127. The van der Waals surface area contributed by atoms with Crippen molar-refractivity contribution in [3.63, 3.8) is 0 Å². The van der Waals surface area contributed by atoms with Gasteiger partial charge in [0.25, 0.3) is 6.43 Å². The van der Waals surface area contributed by atoms with E-state index in [4.69, 9.17) is 0 Å². The van der Waals surface area contributed by atoms with Gasteiger partial charge in [-0.1, -0.05) is 0 Å². The van der Waals surface area contributed by atoms with E-state index in [0.717, 1.165) is 10.7 Å². The van der Waals surface area contributed by atoms with Crippen molar-refractivity contribution in [2.75, 3.05) is 20.6 Å². The second kappa shape index (κ2) is 8.57. The Kier molecular flexibility index (Phi) is 8.32. The molecule has 0 fully saturated rings. The van der Waals surface area contributed by atoms with Crippen LogP contribution in [0.2, 0.25) is 0 Å². The molecule has 1 heterocycles. The second-order valence-corrected chi connectivity index (χ2v) is 4.60. The van der Waals surface area contributed by atoms with E-state index in [0.29, 0.717) is 12.5 Å².